The largest absolute Gasteiger partial charge is 0.389 e. The maximum Gasteiger partial charge on any atom is 0.228 e. The van der Waals surface area contributed by atoms with E-state index in [9.17, 15) is 9.65 Å². The lowest BCUT2D eigenvalue weighted by atomic mass is 9.91. The summed E-state index contributed by atoms with van der Waals surface area (Å²) in [6.07, 6.45) is 1.59. The molecule has 45 heavy (non-hydrogen) atoms. The molecular formula is C31H29ClF3N9S. The van der Waals surface area contributed by atoms with Gasteiger partial charge in [0.1, 0.15) is 39.9 Å². The van der Waals surface area contributed by atoms with Crippen molar-refractivity contribution in [3.05, 3.63) is 64.1 Å². The number of pyridine rings is 1. The van der Waals surface area contributed by atoms with Crippen molar-refractivity contribution < 1.29 is 13.2 Å². The van der Waals surface area contributed by atoms with Crippen molar-refractivity contribution in [1.29, 1.82) is 5.26 Å². The zero-order valence-electron chi connectivity index (χ0n) is 25.1. The molecule has 9 nitrogen and oxygen atoms in total. The summed E-state index contributed by atoms with van der Waals surface area (Å²) >= 11 is 7.52. The fourth-order valence-electron chi connectivity index (χ4n) is 5.76. The second kappa shape index (κ2) is 10.9. The molecule has 0 bridgehead atoms. The van der Waals surface area contributed by atoms with Gasteiger partial charge < -0.3 is 26.2 Å². The average Bonchev–Trinajstić information content (AvgIpc) is 3.32. The maximum atomic E-state index is 16.9. The first-order chi connectivity index (χ1) is 21.3. The van der Waals surface area contributed by atoms with E-state index >= 15 is 8.78 Å². The third-order valence-electron chi connectivity index (χ3n) is 8.77. The van der Waals surface area contributed by atoms with Gasteiger partial charge in [-0.05, 0) is 40.1 Å². The van der Waals surface area contributed by atoms with Crippen LogP contribution in [0.3, 0.4) is 0 Å². The van der Waals surface area contributed by atoms with Crippen LogP contribution in [0.2, 0.25) is 5.02 Å². The van der Waals surface area contributed by atoms with Crippen molar-refractivity contribution in [2.45, 2.75) is 25.4 Å². The molecule has 4 heterocycles. The third-order valence-corrected chi connectivity index (χ3v) is 10.1. The lowest BCUT2D eigenvalue weighted by Gasteiger charge is -2.52. The van der Waals surface area contributed by atoms with Crippen molar-refractivity contribution in [1.82, 2.24) is 19.9 Å². The van der Waals surface area contributed by atoms with Crippen LogP contribution in [0, 0.1) is 28.8 Å². The minimum absolute atomic E-state index is 0.0190. The van der Waals surface area contributed by atoms with E-state index in [-0.39, 0.29) is 65.2 Å². The molecule has 0 unspecified atom stereocenters. The molecule has 2 aromatic carbocycles. The molecule has 1 aliphatic heterocycles. The van der Waals surface area contributed by atoms with Crippen LogP contribution < -0.4 is 21.3 Å². The van der Waals surface area contributed by atoms with E-state index in [0.717, 1.165) is 16.9 Å². The molecule has 1 fully saturated rings. The molecule has 5 aromatic rings. The summed E-state index contributed by atoms with van der Waals surface area (Å²) in [4.78, 5) is 19.6. The maximum absolute atomic E-state index is 16.9. The monoisotopic (exact) mass is 651 g/mol. The number of anilines is 4. The van der Waals surface area contributed by atoms with Gasteiger partial charge in [0, 0.05) is 59.9 Å². The van der Waals surface area contributed by atoms with Gasteiger partial charge in [0.2, 0.25) is 5.95 Å². The van der Waals surface area contributed by atoms with E-state index < -0.39 is 17.5 Å². The fraction of sp³-hybridized carbons (Fsp3) is 0.290. The standard InChI is InChI=1S/C31H29ClF3N9S/c1-14(15-7-6-8-39-27(15)37)43(5)29-16-9-18(32)22(23-19(33)10-20(34)26-21(23)17(11-36)28(38)45-26)24(35)25(16)40-30(41-29)44-12-31(2,13-44)42(3)4/h6-10,14H,12-13,38H2,1-5H3,(H2,37,39)/t14-/m1/s1. The van der Waals surface area contributed by atoms with Crippen LogP contribution >= 0.6 is 22.9 Å². The number of rotatable bonds is 6. The molecule has 0 radical (unpaired) electrons. The molecule has 1 atom stereocenters. The second-order valence-corrected chi connectivity index (χ2v) is 13.1. The number of halogens is 4. The van der Waals surface area contributed by atoms with Crippen molar-refractivity contribution in [2.24, 2.45) is 0 Å². The molecule has 14 heteroatoms. The average molecular weight is 652 g/mol. The normalized spacial score (nSPS) is 15.0. The summed E-state index contributed by atoms with van der Waals surface area (Å²) in [6, 6.07) is 7.27. The topological polar surface area (TPSA) is 124 Å². The first kappa shape index (κ1) is 30.6. The Labute approximate surface area is 266 Å². The van der Waals surface area contributed by atoms with Crippen molar-refractivity contribution in [3.8, 4) is 17.2 Å². The van der Waals surface area contributed by atoms with Crippen LogP contribution in [0.1, 0.15) is 31.0 Å². The number of hydrogen-bond acceptors (Lipinski definition) is 10. The number of likely N-dealkylation sites (N-methyl/N-ethyl adjacent to an activating group) is 1. The Morgan fingerprint density at radius 1 is 1.11 bits per heavy atom. The van der Waals surface area contributed by atoms with Gasteiger partial charge in [0.15, 0.2) is 5.82 Å². The Bertz CT molecular complexity index is 2050. The highest BCUT2D eigenvalue weighted by molar-refractivity contribution is 7.23. The Hall–Kier alpha value is -4.38. The lowest BCUT2D eigenvalue weighted by Crippen LogP contribution is -2.67. The Kier molecular flexibility index (Phi) is 7.42. The molecule has 0 amide bonds. The summed E-state index contributed by atoms with van der Waals surface area (Å²) in [5.74, 6) is -1.98. The van der Waals surface area contributed by atoms with Crippen LogP contribution in [0.15, 0.2) is 30.5 Å². The molecule has 232 valence electrons. The van der Waals surface area contributed by atoms with E-state index in [0.29, 0.717) is 30.8 Å². The van der Waals surface area contributed by atoms with Gasteiger partial charge in [-0.2, -0.15) is 10.2 Å². The van der Waals surface area contributed by atoms with Gasteiger partial charge in [-0.15, -0.1) is 11.3 Å². The smallest absolute Gasteiger partial charge is 0.228 e. The number of thiophene rings is 1. The molecule has 3 aromatic heterocycles. The SMILES string of the molecule is C[C@H](c1cccnc1N)N(C)c1nc(N2CC(C)(N(C)C)C2)nc2c(F)c(-c3c(F)cc(F)c4sc(N)c(C#N)c34)c(Cl)cc12. The minimum Gasteiger partial charge on any atom is -0.389 e. The number of nitriles is 1. The summed E-state index contributed by atoms with van der Waals surface area (Å²) < 4.78 is 47.3. The Morgan fingerprint density at radius 2 is 1.82 bits per heavy atom. The summed E-state index contributed by atoms with van der Waals surface area (Å²) in [6.45, 7) is 5.17. The Morgan fingerprint density at radius 3 is 2.47 bits per heavy atom. The number of benzene rings is 2. The highest BCUT2D eigenvalue weighted by Crippen LogP contribution is 2.47. The first-order valence-electron chi connectivity index (χ1n) is 13.9. The number of nitrogens with two attached hydrogens (primary N) is 2. The van der Waals surface area contributed by atoms with Crippen LogP contribution in [0.5, 0.6) is 0 Å². The predicted octanol–water partition coefficient (Wildman–Crippen LogP) is 6.35. The lowest BCUT2D eigenvalue weighted by molar-refractivity contribution is 0.132. The molecule has 0 aliphatic carbocycles. The number of aromatic nitrogens is 3. The van der Waals surface area contributed by atoms with Gasteiger partial charge >= 0.3 is 0 Å². The van der Waals surface area contributed by atoms with Crippen molar-refractivity contribution >= 4 is 66.5 Å². The Balaban J connectivity index is 1.62. The van der Waals surface area contributed by atoms with Crippen LogP contribution in [-0.4, -0.2) is 59.6 Å². The van der Waals surface area contributed by atoms with Gasteiger partial charge in [0.25, 0.3) is 0 Å². The first-order valence-corrected chi connectivity index (χ1v) is 15.1. The number of hydrogen-bond donors (Lipinski definition) is 2. The van der Waals surface area contributed by atoms with E-state index in [1.807, 2.05) is 43.0 Å². The number of nitrogen functional groups attached to an aromatic ring is 2. The number of nitrogens with zero attached hydrogens (tertiary/aromatic N) is 7. The zero-order valence-corrected chi connectivity index (χ0v) is 26.7. The van der Waals surface area contributed by atoms with E-state index in [1.54, 1.807) is 19.3 Å². The highest BCUT2D eigenvalue weighted by atomic mass is 35.5. The molecule has 1 aliphatic rings. The van der Waals surface area contributed by atoms with Gasteiger partial charge in [-0.25, -0.2) is 23.1 Å². The molecular weight excluding hydrogens is 623 g/mol. The quantitative estimate of drug-likeness (QED) is 0.216. The van der Waals surface area contributed by atoms with E-state index in [1.165, 1.54) is 6.07 Å². The molecule has 0 saturated carbocycles. The van der Waals surface area contributed by atoms with Gasteiger partial charge in [0.05, 0.1) is 26.9 Å². The van der Waals surface area contributed by atoms with Crippen LogP contribution in [0.25, 0.3) is 32.1 Å². The number of fused-ring (bicyclic) bond motifs is 2. The van der Waals surface area contributed by atoms with E-state index in [4.69, 9.17) is 28.1 Å². The highest BCUT2D eigenvalue weighted by Gasteiger charge is 2.42. The van der Waals surface area contributed by atoms with E-state index in [2.05, 4.69) is 21.8 Å². The summed E-state index contributed by atoms with van der Waals surface area (Å²) in [7, 11) is 5.76. The molecule has 6 rings (SSSR count). The fourth-order valence-corrected chi connectivity index (χ4v) is 6.98. The third kappa shape index (κ3) is 4.75. The predicted molar refractivity (Wildman–Crippen MR) is 174 cm³/mol. The second-order valence-electron chi connectivity index (χ2n) is 11.7. The minimum atomic E-state index is -1.09. The molecule has 0 spiro atoms. The van der Waals surface area contributed by atoms with Crippen molar-refractivity contribution in [3.63, 3.8) is 0 Å². The summed E-state index contributed by atoms with van der Waals surface area (Å²) in [5.41, 5.74) is 11.8. The summed E-state index contributed by atoms with van der Waals surface area (Å²) in [5, 5.41) is 9.73. The van der Waals surface area contributed by atoms with Gasteiger partial charge in [-0.1, -0.05) is 17.7 Å². The van der Waals surface area contributed by atoms with Crippen LogP contribution in [0.4, 0.5) is 35.8 Å². The van der Waals surface area contributed by atoms with Gasteiger partial charge in [-0.3, -0.25) is 0 Å². The van der Waals surface area contributed by atoms with Crippen molar-refractivity contribution in [2.75, 3.05) is 55.5 Å². The molecule has 1 saturated heterocycles. The molecule has 4 N–H and O–H groups in total. The zero-order chi connectivity index (χ0) is 32.5. The van der Waals surface area contributed by atoms with Crippen LogP contribution in [-0.2, 0) is 0 Å².